The number of hydrogen-bond acceptors (Lipinski definition) is 5. The van der Waals surface area contributed by atoms with Crippen LogP contribution < -0.4 is 20.1 Å². The van der Waals surface area contributed by atoms with Gasteiger partial charge in [0.25, 0.3) is 0 Å². The molecule has 8 nitrogen and oxygen atoms in total. The lowest BCUT2D eigenvalue weighted by Crippen LogP contribution is -2.41. The van der Waals surface area contributed by atoms with E-state index in [2.05, 4.69) is 30.4 Å². The Morgan fingerprint density at radius 2 is 2.11 bits per heavy atom. The second kappa shape index (κ2) is 9.96. The predicted octanol–water partition coefficient (Wildman–Crippen LogP) is 2.15. The Morgan fingerprint density at radius 3 is 2.93 bits per heavy atom. The van der Waals surface area contributed by atoms with Crippen LogP contribution in [0, 0.1) is 0 Å². The Bertz CT molecular complexity index is 789. The maximum atomic E-state index is 5.96. The Morgan fingerprint density at radius 1 is 1.25 bits per heavy atom. The van der Waals surface area contributed by atoms with E-state index >= 15 is 0 Å². The zero-order valence-corrected chi connectivity index (χ0v) is 16.9. The predicted molar refractivity (Wildman–Crippen MR) is 109 cm³/mol. The van der Waals surface area contributed by atoms with E-state index in [1.165, 1.54) is 12.8 Å². The third-order valence-electron chi connectivity index (χ3n) is 4.59. The largest absolute Gasteiger partial charge is 0.497 e. The van der Waals surface area contributed by atoms with E-state index < -0.39 is 0 Å². The number of methoxy groups -OCH3 is 1. The van der Waals surface area contributed by atoms with Gasteiger partial charge >= 0.3 is 0 Å². The molecular formula is C20H30N6O2. The van der Waals surface area contributed by atoms with Crippen molar-refractivity contribution in [2.24, 2.45) is 4.99 Å². The number of nitrogens with one attached hydrogen (secondary N) is 2. The van der Waals surface area contributed by atoms with Crippen LogP contribution in [0.25, 0.3) is 0 Å². The van der Waals surface area contributed by atoms with Gasteiger partial charge in [-0.05, 0) is 38.8 Å². The van der Waals surface area contributed by atoms with Gasteiger partial charge in [0.15, 0.2) is 11.8 Å². The lowest BCUT2D eigenvalue weighted by molar-refractivity contribution is 0.223. The molecule has 0 radical (unpaired) electrons. The summed E-state index contributed by atoms with van der Waals surface area (Å²) in [4.78, 5) is 4.67. The molecule has 0 bridgehead atoms. The van der Waals surface area contributed by atoms with Gasteiger partial charge in [0, 0.05) is 25.6 Å². The summed E-state index contributed by atoms with van der Waals surface area (Å²) in [6.45, 7) is 6.98. The average molecular weight is 387 g/mol. The minimum atomic E-state index is -0.0307. The second-order valence-corrected chi connectivity index (χ2v) is 6.82. The van der Waals surface area contributed by atoms with Crippen molar-refractivity contribution in [2.75, 3.05) is 20.2 Å². The summed E-state index contributed by atoms with van der Waals surface area (Å²) in [7, 11) is 1.65. The molecule has 2 aromatic rings. The summed E-state index contributed by atoms with van der Waals surface area (Å²) in [6.07, 6.45) is 3.35. The molecule has 1 aliphatic heterocycles. The van der Waals surface area contributed by atoms with Crippen molar-refractivity contribution in [3.05, 3.63) is 35.9 Å². The molecule has 0 saturated carbocycles. The molecule has 1 unspecified atom stereocenters. The van der Waals surface area contributed by atoms with E-state index in [4.69, 9.17) is 9.47 Å². The Kier molecular flexibility index (Phi) is 7.11. The van der Waals surface area contributed by atoms with Gasteiger partial charge < -0.3 is 24.7 Å². The topological polar surface area (TPSA) is 85.6 Å². The Hall–Kier alpha value is -2.77. The Labute approximate surface area is 166 Å². The quantitative estimate of drug-likeness (QED) is 0.534. The highest BCUT2D eigenvalue weighted by atomic mass is 16.5. The molecule has 152 valence electrons. The number of rotatable bonds is 8. The lowest BCUT2D eigenvalue weighted by Gasteiger charge is -2.18. The molecule has 0 saturated heterocycles. The molecule has 0 aliphatic carbocycles. The van der Waals surface area contributed by atoms with E-state index in [1.54, 1.807) is 7.11 Å². The van der Waals surface area contributed by atoms with Crippen LogP contribution in [0.2, 0.25) is 0 Å². The van der Waals surface area contributed by atoms with Gasteiger partial charge in [-0.3, -0.25) is 0 Å². The molecular weight excluding hydrogens is 356 g/mol. The maximum absolute atomic E-state index is 5.96. The molecule has 1 aliphatic rings. The fourth-order valence-electron chi connectivity index (χ4n) is 3.17. The minimum Gasteiger partial charge on any atom is -0.497 e. The molecule has 1 atom stereocenters. The SMILES string of the molecule is CCNC(=NCc1nnc2n1CCCC2)NCC(C)Oc1cccc(OC)c1. The van der Waals surface area contributed by atoms with Crippen LogP contribution in [0.4, 0.5) is 0 Å². The first kappa shape index (κ1) is 20.0. The molecule has 0 fully saturated rings. The van der Waals surface area contributed by atoms with Crippen molar-refractivity contribution < 1.29 is 9.47 Å². The number of guanidine groups is 1. The first-order chi connectivity index (χ1) is 13.7. The number of nitrogens with zero attached hydrogens (tertiary/aromatic N) is 4. The monoisotopic (exact) mass is 386 g/mol. The summed E-state index contributed by atoms with van der Waals surface area (Å²) < 4.78 is 13.4. The molecule has 1 aromatic heterocycles. The van der Waals surface area contributed by atoms with Crippen LogP contribution in [-0.4, -0.2) is 47.0 Å². The van der Waals surface area contributed by atoms with E-state index in [0.717, 1.165) is 48.6 Å². The van der Waals surface area contributed by atoms with Crippen LogP contribution in [0.15, 0.2) is 29.3 Å². The third-order valence-corrected chi connectivity index (χ3v) is 4.59. The van der Waals surface area contributed by atoms with E-state index in [1.807, 2.05) is 38.1 Å². The number of benzene rings is 1. The van der Waals surface area contributed by atoms with E-state index in [-0.39, 0.29) is 6.10 Å². The van der Waals surface area contributed by atoms with Gasteiger partial charge in [-0.25, -0.2) is 4.99 Å². The first-order valence-corrected chi connectivity index (χ1v) is 9.93. The van der Waals surface area contributed by atoms with Crippen molar-refractivity contribution in [3.63, 3.8) is 0 Å². The summed E-state index contributed by atoms with van der Waals surface area (Å²) in [5, 5.41) is 15.2. The number of fused-ring (bicyclic) bond motifs is 1. The van der Waals surface area contributed by atoms with Gasteiger partial charge in [0.1, 0.15) is 30.0 Å². The van der Waals surface area contributed by atoms with E-state index in [9.17, 15) is 0 Å². The number of aromatic nitrogens is 3. The molecule has 8 heteroatoms. The highest BCUT2D eigenvalue weighted by molar-refractivity contribution is 5.79. The summed E-state index contributed by atoms with van der Waals surface area (Å²) in [5.41, 5.74) is 0. The maximum Gasteiger partial charge on any atom is 0.191 e. The fourth-order valence-corrected chi connectivity index (χ4v) is 3.17. The zero-order chi connectivity index (χ0) is 19.8. The molecule has 2 heterocycles. The summed E-state index contributed by atoms with van der Waals surface area (Å²) >= 11 is 0. The summed E-state index contributed by atoms with van der Waals surface area (Å²) in [5.74, 6) is 4.31. The highest BCUT2D eigenvalue weighted by Gasteiger charge is 2.15. The lowest BCUT2D eigenvalue weighted by atomic mass is 10.2. The van der Waals surface area contributed by atoms with Crippen LogP contribution in [0.1, 0.15) is 38.3 Å². The average Bonchev–Trinajstić information content (AvgIpc) is 3.13. The van der Waals surface area contributed by atoms with Crippen LogP contribution in [0.3, 0.4) is 0 Å². The van der Waals surface area contributed by atoms with Crippen LogP contribution in [-0.2, 0) is 19.5 Å². The third kappa shape index (κ3) is 5.37. The fraction of sp³-hybridized carbons (Fsp3) is 0.550. The van der Waals surface area contributed by atoms with Gasteiger partial charge in [-0.1, -0.05) is 6.07 Å². The normalized spacial score (nSPS) is 14.9. The number of hydrogen-bond donors (Lipinski definition) is 2. The number of aliphatic imine (C=N–C) groups is 1. The van der Waals surface area contributed by atoms with Gasteiger partial charge in [0.05, 0.1) is 13.7 Å². The van der Waals surface area contributed by atoms with Crippen molar-refractivity contribution in [3.8, 4) is 11.5 Å². The van der Waals surface area contributed by atoms with Crippen molar-refractivity contribution in [2.45, 2.75) is 52.3 Å². The number of ether oxygens (including phenoxy) is 2. The van der Waals surface area contributed by atoms with Crippen molar-refractivity contribution in [1.82, 2.24) is 25.4 Å². The second-order valence-electron chi connectivity index (χ2n) is 6.82. The molecule has 0 amide bonds. The standard InChI is InChI=1S/C20H30N6O2/c1-4-21-20(23-14-19-25-24-18-10-5-6-11-26(18)19)22-13-15(2)28-17-9-7-8-16(12-17)27-3/h7-9,12,15H,4-6,10-11,13-14H2,1-3H3,(H2,21,22,23). The van der Waals surface area contributed by atoms with Gasteiger partial charge in [-0.2, -0.15) is 0 Å². The summed E-state index contributed by atoms with van der Waals surface area (Å²) in [6, 6.07) is 7.62. The highest BCUT2D eigenvalue weighted by Crippen LogP contribution is 2.19. The molecule has 1 aromatic carbocycles. The van der Waals surface area contributed by atoms with E-state index in [0.29, 0.717) is 13.1 Å². The van der Waals surface area contributed by atoms with Crippen molar-refractivity contribution >= 4 is 5.96 Å². The smallest absolute Gasteiger partial charge is 0.191 e. The zero-order valence-electron chi connectivity index (χ0n) is 16.9. The molecule has 3 rings (SSSR count). The molecule has 28 heavy (non-hydrogen) atoms. The van der Waals surface area contributed by atoms with Gasteiger partial charge in [-0.15, -0.1) is 10.2 Å². The van der Waals surface area contributed by atoms with Crippen LogP contribution in [0.5, 0.6) is 11.5 Å². The minimum absolute atomic E-state index is 0.0307. The molecule has 2 N–H and O–H groups in total. The van der Waals surface area contributed by atoms with Gasteiger partial charge in [0.2, 0.25) is 0 Å². The van der Waals surface area contributed by atoms with Crippen molar-refractivity contribution in [1.29, 1.82) is 0 Å². The number of aryl methyl sites for hydroxylation is 1. The van der Waals surface area contributed by atoms with Crippen LogP contribution >= 0.6 is 0 Å². The molecule has 0 spiro atoms. The Balaban J connectivity index is 1.55. The first-order valence-electron chi connectivity index (χ1n) is 9.93.